The highest BCUT2D eigenvalue weighted by Crippen LogP contribution is 2.16. The first kappa shape index (κ1) is 16.9. The Morgan fingerprint density at radius 2 is 1.85 bits per heavy atom. The number of nitrogens with one attached hydrogen (secondary N) is 1. The smallest absolute Gasteiger partial charge is 0.217 e. The third-order valence-electron chi connectivity index (χ3n) is 4.59. The molecule has 0 unspecified atom stereocenters. The maximum absolute atomic E-state index is 5.43. The number of rotatable bonds is 4. The summed E-state index contributed by atoms with van der Waals surface area (Å²) in [5.41, 5.74) is 2.28. The summed E-state index contributed by atoms with van der Waals surface area (Å²) in [6, 6.07) is 8.29. The largest absolute Gasteiger partial charge is 0.353 e. The molecule has 1 saturated heterocycles. The van der Waals surface area contributed by atoms with Crippen molar-refractivity contribution in [2.24, 2.45) is 0 Å². The molecule has 0 radical (unpaired) electrons. The summed E-state index contributed by atoms with van der Waals surface area (Å²) in [7, 11) is 0. The second kappa shape index (κ2) is 7.35. The molecule has 1 N–H and O–H groups in total. The van der Waals surface area contributed by atoms with Crippen molar-refractivity contribution in [2.45, 2.75) is 13.6 Å². The third-order valence-corrected chi connectivity index (χ3v) is 4.90. The van der Waals surface area contributed by atoms with E-state index in [0.29, 0.717) is 11.4 Å². The summed E-state index contributed by atoms with van der Waals surface area (Å²) in [6.07, 6.45) is 5.25. The highest BCUT2D eigenvalue weighted by molar-refractivity contribution is 7.71. The van der Waals surface area contributed by atoms with E-state index < -0.39 is 0 Å². The van der Waals surface area contributed by atoms with E-state index >= 15 is 0 Å². The molecule has 0 atom stereocenters. The number of benzene rings is 1. The minimum absolute atomic E-state index is 0.580. The van der Waals surface area contributed by atoms with Crippen molar-refractivity contribution >= 4 is 18.0 Å². The van der Waals surface area contributed by atoms with E-state index in [-0.39, 0.29) is 0 Å². The number of aromatic nitrogens is 5. The number of hydrogen-bond donors (Lipinski definition) is 1. The minimum Gasteiger partial charge on any atom is -0.353 e. The van der Waals surface area contributed by atoms with E-state index in [0.717, 1.165) is 43.4 Å². The van der Waals surface area contributed by atoms with E-state index in [9.17, 15) is 0 Å². The minimum atomic E-state index is 0.580. The lowest BCUT2D eigenvalue weighted by Gasteiger charge is -2.34. The Hall–Kier alpha value is -2.58. The molecule has 2 aromatic heterocycles. The number of nitrogens with zero attached hydrogens (tertiary/aromatic N) is 6. The highest BCUT2D eigenvalue weighted by atomic mass is 32.1. The maximum atomic E-state index is 5.43. The van der Waals surface area contributed by atoms with Gasteiger partial charge in [0.25, 0.3) is 0 Å². The number of piperazine rings is 1. The quantitative estimate of drug-likeness (QED) is 0.715. The normalized spacial score (nSPS) is 15.3. The Kier molecular flexibility index (Phi) is 4.77. The zero-order valence-corrected chi connectivity index (χ0v) is 15.5. The molecule has 1 fully saturated rings. The average molecular weight is 367 g/mol. The van der Waals surface area contributed by atoms with E-state index in [1.165, 1.54) is 5.56 Å². The van der Waals surface area contributed by atoms with Gasteiger partial charge in [-0.05, 0) is 19.1 Å². The lowest BCUT2D eigenvalue weighted by Crippen LogP contribution is -2.47. The first-order valence-corrected chi connectivity index (χ1v) is 9.07. The first-order chi connectivity index (χ1) is 12.7. The number of hydrogen-bond acceptors (Lipinski definition) is 6. The monoisotopic (exact) mass is 367 g/mol. The number of aromatic amines is 1. The van der Waals surface area contributed by atoms with Crippen LogP contribution >= 0.6 is 12.2 Å². The van der Waals surface area contributed by atoms with Gasteiger partial charge in [0.15, 0.2) is 5.82 Å². The first-order valence-electron chi connectivity index (χ1n) is 8.66. The number of aryl methyl sites for hydroxylation is 1. The van der Waals surface area contributed by atoms with Gasteiger partial charge in [-0.2, -0.15) is 4.98 Å². The lowest BCUT2D eigenvalue weighted by atomic mass is 10.1. The van der Waals surface area contributed by atoms with Crippen LogP contribution in [0.5, 0.6) is 0 Å². The van der Waals surface area contributed by atoms with Crippen LogP contribution < -0.4 is 4.90 Å². The highest BCUT2D eigenvalue weighted by Gasteiger charge is 2.19. The van der Waals surface area contributed by atoms with Crippen LogP contribution in [-0.4, -0.2) is 55.8 Å². The molecule has 0 spiro atoms. The molecule has 0 aliphatic carbocycles. The molecular formula is C18H21N7S. The van der Waals surface area contributed by atoms with Gasteiger partial charge in [-0.3, -0.25) is 15.0 Å². The second-order valence-corrected chi connectivity index (χ2v) is 6.82. The van der Waals surface area contributed by atoms with Gasteiger partial charge in [0.2, 0.25) is 4.77 Å². The SMILES string of the molecule is Cc1ccc(-c2nc(=S)n(CN3CCN(c4cnccn4)CC3)[nH]2)cc1. The van der Waals surface area contributed by atoms with E-state index in [2.05, 4.69) is 61.0 Å². The standard InChI is InChI=1S/C18H21N7S/c1-14-2-4-15(5-3-14)17-21-18(26)25(22-17)13-23-8-10-24(11-9-23)16-12-19-6-7-20-16/h2-7,12H,8-11,13H2,1H3,(H,21,22,26). The zero-order valence-electron chi connectivity index (χ0n) is 14.7. The Morgan fingerprint density at radius 1 is 1.08 bits per heavy atom. The zero-order chi connectivity index (χ0) is 17.9. The van der Waals surface area contributed by atoms with Gasteiger partial charge in [0, 0.05) is 44.1 Å². The predicted octanol–water partition coefficient (Wildman–Crippen LogP) is 2.49. The van der Waals surface area contributed by atoms with Crippen LogP contribution in [0.3, 0.4) is 0 Å². The molecule has 4 rings (SSSR count). The molecule has 1 aliphatic heterocycles. The molecule has 0 saturated carbocycles. The van der Waals surface area contributed by atoms with Crippen LogP contribution in [0.4, 0.5) is 5.82 Å². The van der Waals surface area contributed by atoms with Crippen LogP contribution in [0.2, 0.25) is 0 Å². The molecular weight excluding hydrogens is 346 g/mol. The van der Waals surface area contributed by atoms with Gasteiger partial charge in [-0.15, -0.1) is 0 Å². The summed E-state index contributed by atoms with van der Waals surface area (Å²) < 4.78 is 2.51. The van der Waals surface area contributed by atoms with Crippen molar-refractivity contribution in [1.29, 1.82) is 0 Å². The van der Waals surface area contributed by atoms with E-state index in [4.69, 9.17) is 12.2 Å². The van der Waals surface area contributed by atoms with E-state index in [1.807, 2.05) is 10.9 Å². The van der Waals surface area contributed by atoms with Crippen LogP contribution in [0, 0.1) is 11.7 Å². The Balaban J connectivity index is 1.41. The van der Waals surface area contributed by atoms with Gasteiger partial charge < -0.3 is 4.90 Å². The maximum Gasteiger partial charge on any atom is 0.217 e. The Labute approximate surface area is 157 Å². The molecule has 3 aromatic rings. The third kappa shape index (κ3) is 3.66. The molecule has 134 valence electrons. The molecule has 1 aliphatic rings. The summed E-state index contributed by atoms with van der Waals surface area (Å²) in [5.74, 6) is 1.75. The van der Waals surface area contributed by atoms with Gasteiger partial charge in [0.05, 0.1) is 12.9 Å². The summed E-state index contributed by atoms with van der Waals surface area (Å²) in [5, 5.41) is 3.33. The van der Waals surface area contributed by atoms with Crippen molar-refractivity contribution < 1.29 is 0 Å². The van der Waals surface area contributed by atoms with Gasteiger partial charge >= 0.3 is 0 Å². The van der Waals surface area contributed by atoms with Crippen molar-refractivity contribution in [1.82, 2.24) is 29.6 Å². The molecule has 26 heavy (non-hydrogen) atoms. The number of anilines is 1. The van der Waals surface area contributed by atoms with Crippen molar-refractivity contribution in [3.8, 4) is 11.4 Å². The fourth-order valence-electron chi connectivity index (χ4n) is 3.07. The Morgan fingerprint density at radius 3 is 2.54 bits per heavy atom. The second-order valence-electron chi connectivity index (χ2n) is 6.46. The molecule has 3 heterocycles. The van der Waals surface area contributed by atoms with Crippen molar-refractivity contribution in [3.63, 3.8) is 0 Å². The van der Waals surface area contributed by atoms with Gasteiger partial charge in [0.1, 0.15) is 5.82 Å². The molecule has 7 nitrogen and oxygen atoms in total. The molecule has 0 amide bonds. The molecule has 0 bridgehead atoms. The van der Waals surface area contributed by atoms with Crippen LogP contribution in [0.1, 0.15) is 5.56 Å². The average Bonchev–Trinajstić information content (AvgIpc) is 3.04. The lowest BCUT2D eigenvalue weighted by molar-refractivity contribution is 0.194. The predicted molar refractivity (Wildman–Crippen MR) is 103 cm³/mol. The van der Waals surface area contributed by atoms with Crippen LogP contribution in [0.15, 0.2) is 42.9 Å². The molecule has 1 aromatic carbocycles. The fraction of sp³-hybridized carbons (Fsp3) is 0.333. The number of H-pyrrole nitrogens is 1. The van der Waals surface area contributed by atoms with Gasteiger partial charge in [-0.25, -0.2) is 9.67 Å². The fourth-order valence-corrected chi connectivity index (χ4v) is 3.26. The van der Waals surface area contributed by atoms with Crippen molar-refractivity contribution in [2.75, 3.05) is 31.1 Å². The van der Waals surface area contributed by atoms with Crippen LogP contribution in [0.25, 0.3) is 11.4 Å². The van der Waals surface area contributed by atoms with Gasteiger partial charge in [-0.1, -0.05) is 29.8 Å². The summed E-state index contributed by atoms with van der Waals surface area (Å²) in [6.45, 7) is 6.52. The van der Waals surface area contributed by atoms with Crippen molar-refractivity contribution in [3.05, 3.63) is 53.2 Å². The summed E-state index contributed by atoms with van der Waals surface area (Å²) in [4.78, 5) is 17.6. The van der Waals surface area contributed by atoms with E-state index in [1.54, 1.807) is 12.4 Å². The molecule has 8 heteroatoms. The summed E-state index contributed by atoms with van der Waals surface area (Å²) >= 11 is 5.43. The van der Waals surface area contributed by atoms with Crippen LogP contribution in [-0.2, 0) is 6.67 Å². The Bertz CT molecular complexity index is 909. The topological polar surface area (TPSA) is 65.9 Å².